The molecule has 0 aliphatic heterocycles. The Morgan fingerprint density at radius 3 is 2.50 bits per heavy atom. The van der Waals surface area contributed by atoms with E-state index in [0.717, 1.165) is 13.0 Å². The number of hydrogen-bond donors (Lipinski definition) is 1. The third-order valence-corrected chi connectivity index (χ3v) is 5.21. The normalized spacial score (nSPS) is 15.9. The number of hydrogen-bond acceptors (Lipinski definition) is 2. The van der Waals surface area contributed by atoms with Crippen molar-refractivity contribution in [2.24, 2.45) is 0 Å². The minimum absolute atomic E-state index is 0.256. The van der Waals surface area contributed by atoms with Crippen molar-refractivity contribution in [3.63, 3.8) is 0 Å². The van der Waals surface area contributed by atoms with Crippen molar-refractivity contribution in [1.29, 1.82) is 0 Å². The van der Waals surface area contributed by atoms with E-state index in [1.54, 1.807) is 6.26 Å². The molecular formula is C17H23NOS. The predicted molar refractivity (Wildman–Crippen MR) is 88.5 cm³/mol. The zero-order valence-electron chi connectivity index (χ0n) is 12.4. The van der Waals surface area contributed by atoms with E-state index in [9.17, 15) is 4.21 Å². The Morgan fingerprint density at radius 1 is 1.10 bits per heavy atom. The summed E-state index contributed by atoms with van der Waals surface area (Å²) in [7, 11) is -0.728. The molecule has 3 unspecified atom stereocenters. The third-order valence-electron chi connectivity index (χ3n) is 3.84. The van der Waals surface area contributed by atoms with Gasteiger partial charge in [0.1, 0.15) is 0 Å². The Labute approximate surface area is 124 Å². The molecule has 0 amide bonds. The summed E-state index contributed by atoms with van der Waals surface area (Å²) in [6.45, 7) is 5.12. The van der Waals surface area contributed by atoms with Crippen molar-refractivity contribution < 1.29 is 4.21 Å². The van der Waals surface area contributed by atoms with E-state index < -0.39 is 10.8 Å². The van der Waals surface area contributed by atoms with Crippen LogP contribution in [0.4, 0.5) is 0 Å². The lowest BCUT2D eigenvalue weighted by molar-refractivity contribution is 0.554. The van der Waals surface area contributed by atoms with E-state index in [4.69, 9.17) is 0 Å². The van der Waals surface area contributed by atoms with Crippen LogP contribution in [-0.4, -0.2) is 22.3 Å². The molecule has 1 N–H and O–H groups in total. The zero-order valence-corrected chi connectivity index (χ0v) is 13.2. The van der Waals surface area contributed by atoms with Gasteiger partial charge in [-0.15, -0.1) is 0 Å². The average Bonchev–Trinajstić information content (AvgIpc) is 2.46. The van der Waals surface area contributed by atoms with Crippen LogP contribution in [0.2, 0.25) is 0 Å². The zero-order chi connectivity index (χ0) is 14.5. The molecule has 3 atom stereocenters. The van der Waals surface area contributed by atoms with E-state index in [0.29, 0.717) is 6.04 Å². The fourth-order valence-corrected chi connectivity index (χ4v) is 2.71. The minimum Gasteiger partial charge on any atom is -0.310 e. The van der Waals surface area contributed by atoms with Crippen molar-refractivity contribution in [3.8, 4) is 0 Å². The molecular weight excluding hydrogens is 266 g/mol. The van der Waals surface area contributed by atoms with Crippen molar-refractivity contribution >= 4 is 21.6 Å². The molecule has 0 fully saturated rings. The quantitative estimate of drug-likeness (QED) is 0.879. The Morgan fingerprint density at radius 2 is 1.80 bits per heavy atom. The Balaban J connectivity index is 1.97. The number of nitrogens with one attached hydrogen (secondary N) is 1. The molecule has 2 rings (SSSR count). The van der Waals surface area contributed by atoms with Gasteiger partial charge in [-0.25, -0.2) is 0 Å². The fourth-order valence-electron chi connectivity index (χ4n) is 2.26. The number of benzene rings is 2. The van der Waals surface area contributed by atoms with Gasteiger partial charge in [-0.05, 0) is 42.3 Å². The summed E-state index contributed by atoms with van der Waals surface area (Å²) in [4.78, 5) is 0. The Hall–Kier alpha value is -1.19. The van der Waals surface area contributed by atoms with Crippen LogP contribution in [0.25, 0.3) is 10.8 Å². The van der Waals surface area contributed by atoms with Crippen LogP contribution in [0.5, 0.6) is 0 Å². The molecule has 0 saturated carbocycles. The summed E-state index contributed by atoms with van der Waals surface area (Å²) < 4.78 is 11.3. The first-order valence-electron chi connectivity index (χ1n) is 7.12. The topological polar surface area (TPSA) is 29.1 Å². The highest BCUT2D eigenvalue weighted by molar-refractivity contribution is 7.84. The lowest BCUT2D eigenvalue weighted by Gasteiger charge is -2.16. The fraction of sp³-hybridized carbons (Fsp3) is 0.412. The van der Waals surface area contributed by atoms with Crippen LogP contribution in [0.15, 0.2) is 42.5 Å². The maximum absolute atomic E-state index is 11.3. The summed E-state index contributed by atoms with van der Waals surface area (Å²) in [5.74, 6) is 0. The van der Waals surface area contributed by atoms with E-state index in [-0.39, 0.29) is 5.25 Å². The maximum Gasteiger partial charge on any atom is 0.0329 e. The second kappa shape index (κ2) is 7.00. The first-order valence-corrected chi connectivity index (χ1v) is 8.74. The van der Waals surface area contributed by atoms with Gasteiger partial charge in [-0.1, -0.05) is 43.3 Å². The van der Waals surface area contributed by atoms with E-state index >= 15 is 0 Å². The van der Waals surface area contributed by atoms with E-state index in [1.165, 1.54) is 16.3 Å². The predicted octanol–water partition coefficient (Wildman–Crippen LogP) is 3.65. The number of rotatable bonds is 6. The molecule has 0 radical (unpaired) electrons. The molecule has 0 aromatic heterocycles. The molecule has 0 aliphatic rings. The molecule has 2 aromatic rings. The SMILES string of the molecule is CC(NCCC(C)S(C)=O)c1ccc2ccccc2c1. The molecule has 0 saturated heterocycles. The first-order chi connectivity index (χ1) is 9.58. The summed E-state index contributed by atoms with van der Waals surface area (Å²) in [5.41, 5.74) is 1.30. The number of fused-ring (bicyclic) bond motifs is 1. The summed E-state index contributed by atoms with van der Waals surface area (Å²) in [6.07, 6.45) is 2.72. The van der Waals surface area contributed by atoms with Gasteiger partial charge in [-0.3, -0.25) is 4.21 Å². The molecule has 0 spiro atoms. The van der Waals surface area contributed by atoms with Crippen molar-refractivity contribution in [3.05, 3.63) is 48.0 Å². The van der Waals surface area contributed by atoms with E-state index in [2.05, 4.69) is 54.7 Å². The van der Waals surface area contributed by atoms with Gasteiger partial charge in [0.2, 0.25) is 0 Å². The lowest BCUT2D eigenvalue weighted by Crippen LogP contribution is -2.24. The molecule has 0 aliphatic carbocycles. The molecule has 3 heteroatoms. The maximum atomic E-state index is 11.3. The van der Waals surface area contributed by atoms with Crippen molar-refractivity contribution in [1.82, 2.24) is 5.32 Å². The smallest absolute Gasteiger partial charge is 0.0329 e. The van der Waals surface area contributed by atoms with Crippen LogP contribution in [0.3, 0.4) is 0 Å². The summed E-state index contributed by atoms with van der Waals surface area (Å²) in [5, 5.41) is 6.33. The molecule has 2 aromatic carbocycles. The van der Waals surface area contributed by atoms with Crippen LogP contribution in [-0.2, 0) is 10.8 Å². The summed E-state index contributed by atoms with van der Waals surface area (Å²) >= 11 is 0. The van der Waals surface area contributed by atoms with Gasteiger partial charge in [0.25, 0.3) is 0 Å². The van der Waals surface area contributed by atoms with Crippen LogP contribution < -0.4 is 5.32 Å². The van der Waals surface area contributed by atoms with Crippen LogP contribution in [0, 0.1) is 0 Å². The monoisotopic (exact) mass is 289 g/mol. The van der Waals surface area contributed by atoms with E-state index in [1.807, 2.05) is 6.92 Å². The molecule has 0 bridgehead atoms. The van der Waals surface area contributed by atoms with Crippen LogP contribution in [0.1, 0.15) is 31.9 Å². The lowest BCUT2D eigenvalue weighted by atomic mass is 10.0. The largest absolute Gasteiger partial charge is 0.310 e. The van der Waals surface area contributed by atoms with Crippen molar-refractivity contribution in [2.45, 2.75) is 31.6 Å². The first kappa shape index (κ1) is 15.2. The highest BCUT2D eigenvalue weighted by Gasteiger charge is 2.08. The second-order valence-corrected chi connectivity index (χ2v) is 7.18. The Kier molecular flexibility index (Phi) is 5.32. The standard InChI is InChI=1S/C17H23NOS/c1-13(20(3)19)10-11-18-14(2)16-9-8-15-6-4-5-7-17(15)12-16/h4-9,12-14,18H,10-11H2,1-3H3. The second-order valence-electron chi connectivity index (χ2n) is 5.38. The summed E-state index contributed by atoms with van der Waals surface area (Å²) in [6, 6.07) is 15.3. The van der Waals surface area contributed by atoms with Gasteiger partial charge in [0, 0.05) is 28.3 Å². The van der Waals surface area contributed by atoms with Gasteiger partial charge >= 0.3 is 0 Å². The van der Waals surface area contributed by atoms with Gasteiger partial charge in [-0.2, -0.15) is 0 Å². The minimum atomic E-state index is -0.728. The molecule has 108 valence electrons. The molecule has 20 heavy (non-hydrogen) atoms. The highest BCUT2D eigenvalue weighted by Crippen LogP contribution is 2.20. The van der Waals surface area contributed by atoms with Gasteiger partial charge in [0.05, 0.1) is 0 Å². The third kappa shape index (κ3) is 3.90. The van der Waals surface area contributed by atoms with Gasteiger partial charge < -0.3 is 5.32 Å². The highest BCUT2D eigenvalue weighted by atomic mass is 32.2. The molecule has 2 nitrogen and oxygen atoms in total. The average molecular weight is 289 g/mol. The Bertz CT molecular complexity index is 596. The van der Waals surface area contributed by atoms with Crippen LogP contribution >= 0.6 is 0 Å². The van der Waals surface area contributed by atoms with Crippen molar-refractivity contribution in [2.75, 3.05) is 12.8 Å². The molecule has 0 heterocycles. The van der Waals surface area contributed by atoms with Gasteiger partial charge in [0.15, 0.2) is 0 Å².